The zero-order valence-corrected chi connectivity index (χ0v) is 15.9. The highest BCUT2D eigenvalue weighted by Crippen LogP contribution is 2.44. The molecular formula is C24H23ClO2. The predicted octanol–water partition coefficient (Wildman–Crippen LogP) is 5.83. The number of hydrogen-bond acceptors (Lipinski definition) is 2. The molecule has 0 spiro atoms. The molecule has 0 saturated heterocycles. The molecule has 138 valence electrons. The minimum absolute atomic E-state index is 0.210. The van der Waals surface area contributed by atoms with Crippen molar-refractivity contribution in [2.75, 3.05) is 0 Å². The molecule has 0 radical (unpaired) electrons. The fraction of sp³-hybridized carbons (Fsp3) is 0.250. The summed E-state index contributed by atoms with van der Waals surface area (Å²) in [6.45, 7) is 0.973. The molecule has 3 aromatic rings. The van der Waals surface area contributed by atoms with Crippen molar-refractivity contribution in [3.8, 4) is 0 Å². The maximum atomic E-state index is 7.14. The Hall–Kier alpha value is -2.13. The van der Waals surface area contributed by atoms with Gasteiger partial charge < -0.3 is 9.47 Å². The van der Waals surface area contributed by atoms with E-state index in [4.69, 9.17) is 21.1 Å². The zero-order chi connectivity index (χ0) is 18.5. The van der Waals surface area contributed by atoms with Gasteiger partial charge in [-0.2, -0.15) is 0 Å². The van der Waals surface area contributed by atoms with Crippen LogP contribution in [0, 0.1) is 0 Å². The van der Waals surface area contributed by atoms with Gasteiger partial charge in [-0.25, -0.2) is 0 Å². The van der Waals surface area contributed by atoms with E-state index in [1.165, 1.54) is 5.56 Å². The van der Waals surface area contributed by atoms with E-state index in [1.807, 2.05) is 42.5 Å². The molecule has 0 N–H and O–H groups in total. The quantitative estimate of drug-likeness (QED) is 0.502. The van der Waals surface area contributed by atoms with Crippen LogP contribution in [-0.4, -0.2) is 6.10 Å². The Bertz CT molecular complexity index is 866. The van der Waals surface area contributed by atoms with E-state index >= 15 is 0 Å². The minimum atomic E-state index is -0.987. The van der Waals surface area contributed by atoms with Crippen LogP contribution in [0.1, 0.15) is 28.7 Å². The van der Waals surface area contributed by atoms with E-state index in [9.17, 15) is 0 Å². The summed E-state index contributed by atoms with van der Waals surface area (Å²) in [5, 5.41) is -0.987. The van der Waals surface area contributed by atoms with Crippen molar-refractivity contribution in [1.29, 1.82) is 0 Å². The first-order chi connectivity index (χ1) is 13.3. The topological polar surface area (TPSA) is 18.5 Å². The number of rotatable bonds is 6. The number of benzene rings is 3. The highest BCUT2D eigenvalue weighted by Gasteiger charge is 2.45. The van der Waals surface area contributed by atoms with Gasteiger partial charge in [0, 0.05) is 5.56 Å². The van der Waals surface area contributed by atoms with Crippen LogP contribution in [0.4, 0.5) is 0 Å². The molecule has 3 heteroatoms. The van der Waals surface area contributed by atoms with Gasteiger partial charge in [0.15, 0.2) is 5.06 Å². The zero-order valence-electron chi connectivity index (χ0n) is 15.2. The molecule has 0 aromatic heterocycles. The Labute approximate surface area is 165 Å². The lowest BCUT2D eigenvalue weighted by Crippen LogP contribution is -2.43. The van der Waals surface area contributed by atoms with Crippen LogP contribution < -0.4 is 0 Å². The molecule has 0 unspecified atom stereocenters. The molecule has 1 aliphatic rings. The predicted molar refractivity (Wildman–Crippen MR) is 109 cm³/mol. The maximum Gasteiger partial charge on any atom is 0.193 e. The van der Waals surface area contributed by atoms with Crippen LogP contribution in [-0.2, 0) is 34.2 Å². The van der Waals surface area contributed by atoms with Crippen LogP contribution in [0.25, 0.3) is 0 Å². The summed E-state index contributed by atoms with van der Waals surface area (Å²) in [5.41, 5.74) is 4.49. The van der Waals surface area contributed by atoms with E-state index in [1.54, 1.807) is 0 Å². The van der Waals surface area contributed by atoms with Gasteiger partial charge in [0.1, 0.15) is 6.10 Å². The molecule has 2 nitrogen and oxygen atoms in total. The smallest absolute Gasteiger partial charge is 0.193 e. The minimum Gasteiger partial charge on any atom is -0.369 e. The number of ether oxygens (including phenoxy) is 2. The number of aryl methyl sites for hydroxylation is 1. The summed E-state index contributed by atoms with van der Waals surface area (Å²) in [7, 11) is 0. The lowest BCUT2D eigenvalue weighted by molar-refractivity contribution is -0.123. The van der Waals surface area contributed by atoms with Crippen LogP contribution >= 0.6 is 11.6 Å². The van der Waals surface area contributed by atoms with Crippen molar-refractivity contribution >= 4 is 11.6 Å². The summed E-state index contributed by atoms with van der Waals surface area (Å²) in [4.78, 5) is 0. The summed E-state index contributed by atoms with van der Waals surface area (Å²) in [5.74, 6) is 0. The Balaban J connectivity index is 1.57. The molecule has 0 bridgehead atoms. The highest BCUT2D eigenvalue weighted by molar-refractivity contribution is 6.23. The molecule has 0 saturated carbocycles. The number of fused-ring (bicyclic) bond motifs is 1. The average molecular weight is 379 g/mol. The Kier molecular flexibility index (Phi) is 5.58. The Morgan fingerprint density at radius 3 is 2.07 bits per heavy atom. The normalized spacial score (nSPS) is 21.6. The molecule has 1 aliphatic carbocycles. The Morgan fingerprint density at radius 2 is 1.37 bits per heavy atom. The molecular weight excluding hydrogens is 356 g/mol. The van der Waals surface area contributed by atoms with Gasteiger partial charge >= 0.3 is 0 Å². The molecule has 0 aliphatic heterocycles. The van der Waals surface area contributed by atoms with Gasteiger partial charge in [0.2, 0.25) is 0 Å². The first-order valence-electron chi connectivity index (χ1n) is 9.36. The van der Waals surface area contributed by atoms with Gasteiger partial charge in [0.05, 0.1) is 13.2 Å². The molecule has 4 rings (SSSR count). The van der Waals surface area contributed by atoms with E-state index in [-0.39, 0.29) is 6.10 Å². The van der Waals surface area contributed by atoms with Crippen molar-refractivity contribution in [2.45, 2.75) is 37.2 Å². The highest BCUT2D eigenvalue weighted by atomic mass is 35.5. The van der Waals surface area contributed by atoms with Gasteiger partial charge in [-0.1, -0.05) is 96.5 Å². The van der Waals surface area contributed by atoms with Gasteiger partial charge in [-0.3, -0.25) is 0 Å². The summed E-state index contributed by atoms with van der Waals surface area (Å²) < 4.78 is 12.6. The van der Waals surface area contributed by atoms with Crippen LogP contribution in [0.3, 0.4) is 0 Å². The lowest BCUT2D eigenvalue weighted by Gasteiger charge is -2.40. The molecule has 0 heterocycles. The SMILES string of the molecule is Cl[C@@]1(OCc2ccccc2)c2ccccc2CC[C@@H]1OCc1ccccc1. The fourth-order valence-electron chi connectivity index (χ4n) is 3.61. The first kappa shape index (κ1) is 18.2. The van der Waals surface area contributed by atoms with Gasteiger partial charge in [0.25, 0.3) is 0 Å². The number of hydrogen-bond donors (Lipinski definition) is 0. The maximum absolute atomic E-state index is 7.14. The summed E-state index contributed by atoms with van der Waals surface area (Å²) >= 11 is 7.14. The molecule has 2 atom stereocenters. The number of halogens is 1. The standard InChI is InChI=1S/C24H23ClO2/c25-24(27-18-20-11-5-2-6-12-20)22-14-8-7-13-21(22)15-16-23(24)26-17-19-9-3-1-4-10-19/h1-14,23H,15-18H2/t23-,24+/m0/s1. The van der Waals surface area contributed by atoms with E-state index < -0.39 is 5.06 Å². The lowest BCUT2D eigenvalue weighted by atomic mass is 9.86. The third-order valence-corrected chi connectivity index (χ3v) is 5.62. The van der Waals surface area contributed by atoms with Gasteiger partial charge in [-0.15, -0.1) is 0 Å². The van der Waals surface area contributed by atoms with E-state index in [2.05, 4.69) is 42.5 Å². The van der Waals surface area contributed by atoms with Crippen molar-refractivity contribution in [2.24, 2.45) is 0 Å². The van der Waals surface area contributed by atoms with E-state index in [0.29, 0.717) is 13.2 Å². The van der Waals surface area contributed by atoms with Crippen molar-refractivity contribution in [3.05, 3.63) is 107 Å². The van der Waals surface area contributed by atoms with Crippen molar-refractivity contribution in [1.82, 2.24) is 0 Å². The second-order valence-electron chi connectivity index (χ2n) is 6.90. The van der Waals surface area contributed by atoms with E-state index in [0.717, 1.165) is 29.5 Å². The first-order valence-corrected chi connectivity index (χ1v) is 9.74. The monoisotopic (exact) mass is 378 g/mol. The Morgan fingerprint density at radius 1 is 0.778 bits per heavy atom. The third-order valence-electron chi connectivity index (χ3n) is 5.06. The van der Waals surface area contributed by atoms with Crippen molar-refractivity contribution in [3.63, 3.8) is 0 Å². The second-order valence-corrected chi connectivity index (χ2v) is 7.46. The van der Waals surface area contributed by atoms with Crippen LogP contribution in [0.15, 0.2) is 84.9 Å². The summed E-state index contributed by atoms with van der Waals surface area (Å²) in [6.07, 6.45) is 1.57. The number of alkyl halides is 1. The second kappa shape index (κ2) is 8.26. The van der Waals surface area contributed by atoms with Crippen LogP contribution in [0.2, 0.25) is 0 Å². The molecule has 0 amide bonds. The molecule has 3 aromatic carbocycles. The largest absolute Gasteiger partial charge is 0.369 e. The van der Waals surface area contributed by atoms with Gasteiger partial charge in [-0.05, 0) is 29.5 Å². The molecule has 27 heavy (non-hydrogen) atoms. The molecule has 0 fully saturated rings. The summed E-state index contributed by atoms with van der Waals surface area (Å²) in [6, 6.07) is 28.6. The average Bonchev–Trinajstić information content (AvgIpc) is 2.74. The fourth-order valence-corrected chi connectivity index (χ4v) is 4.02. The third kappa shape index (κ3) is 4.08. The van der Waals surface area contributed by atoms with Crippen LogP contribution in [0.5, 0.6) is 0 Å². The van der Waals surface area contributed by atoms with Crippen molar-refractivity contribution < 1.29 is 9.47 Å².